The highest BCUT2D eigenvalue weighted by atomic mass is 15.1. The maximum absolute atomic E-state index is 8.13. The average molecular weight is 471 g/mol. The van der Waals surface area contributed by atoms with Crippen LogP contribution in [0.5, 0.6) is 0 Å². The van der Waals surface area contributed by atoms with Gasteiger partial charge in [0.05, 0.1) is 23.1 Å². The van der Waals surface area contributed by atoms with Crippen LogP contribution in [-0.2, 0) is 0 Å². The zero-order valence-electron chi connectivity index (χ0n) is 21.8. The number of aromatic amines is 1. The topological polar surface area (TPSA) is 94.7 Å². The summed E-state index contributed by atoms with van der Waals surface area (Å²) in [5, 5.41) is 16.5. The average Bonchev–Trinajstić information content (AvgIpc) is 3.36. The molecule has 0 fully saturated rings. The molecule has 3 rings (SSSR count). The minimum absolute atomic E-state index is 0.462. The number of hydrogen-bond acceptors (Lipinski definition) is 5. The maximum atomic E-state index is 8.13. The van der Waals surface area contributed by atoms with Crippen LogP contribution in [0.1, 0.15) is 63.6 Å². The number of aryl methyl sites for hydroxylation is 1. The SMILES string of the molecule is C=C(CC)N(C/C=C\C)/C(=C\C)c1cc(/C(C=N)=C(/N)c2cccc(C)n2)cc2[nH]ncc12.CC. The number of benzene rings is 1. The predicted octanol–water partition coefficient (Wildman–Crippen LogP) is 6.93. The van der Waals surface area contributed by atoms with E-state index in [1.807, 2.05) is 71.2 Å². The molecule has 0 radical (unpaired) electrons. The Hall–Kier alpha value is -3.93. The number of nitrogens with zero attached hydrogens (tertiary/aromatic N) is 3. The number of nitrogens with one attached hydrogen (secondary N) is 2. The third-order valence-corrected chi connectivity index (χ3v) is 5.62. The Morgan fingerprint density at radius 3 is 2.57 bits per heavy atom. The second kappa shape index (κ2) is 13.1. The molecule has 1 aromatic carbocycles. The number of fused-ring (bicyclic) bond motifs is 1. The van der Waals surface area contributed by atoms with Crippen LogP contribution in [0.4, 0.5) is 0 Å². The Labute approximate surface area is 209 Å². The summed E-state index contributed by atoms with van der Waals surface area (Å²) in [4.78, 5) is 6.76. The standard InChI is InChI=1S/C27H32N6.C2H6/c1-6-9-13-33(19(5)7-2)26(8-3)21-14-20(15-25-23(21)17-30-32-25)22(16-28)27(29)24-12-10-11-18(4)31-24;1-2/h6,8-12,14-17,28H,5,7,13,29H2,1-4H3,(H,30,32);1-2H3/b9-6-,26-8-,27-22+,28-16?;. The van der Waals surface area contributed by atoms with Gasteiger partial charge in [-0.25, -0.2) is 0 Å². The summed E-state index contributed by atoms with van der Waals surface area (Å²) in [5.41, 5.74) is 13.9. The van der Waals surface area contributed by atoms with Crippen LogP contribution < -0.4 is 5.73 Å². The molecule has 0 aliphatic carbocycles. The molecule has 0 saturated heterocycles. The highest BCUT2D eigenvalue weighted by molar-refractivity contribution is 6.18. The van der Waals surface area contributed by atoms with E-state index in [0.717, 1.165) is 52.1 Å². The van der Waals surface area contributed by atoms with Crippen molar-refractivity contribution in [3.63, 3.8) is 0 Å². The Morgan fingerprint density at radius 1 is 1.23 bits per heavy atom. The number of aromatic nitrogens is 3. The van der Waals surface area contributed by atoms with Crippen molar-refractivity contribution in [3.05, 3.63) is 89.5 Å². The fourth-order valence-corrected chi connectivity index (χ4v) is 3.82. The predicted molar refractivity (Wildman–Crippen MR) is 151 cm³/mol. The van der Waals surface area contributed by atoms with Gasteiger partial charge in [0, 0.05) is 46.4 Å². The summed E-state index contributed by atoms with van der Waals surface area (Å²) in [6.45, 7) is 17.1. The van der Waals surface area contributed by atoms with Gasteiger partial charge in [-0.05, 0) is 57.0 Å². The number of H-pyrrole nitrogens is 1. The van der Waals surface area contributed by atoms with Gasteiger partial charge in [-0.2, -0.15) is 5.10 Å². The number of pyridine rings is 1. The van der Waals surface area contributed by atoms with E-state index in [1.54, 1.807) is 0 Å². The van der Waals surface area contributed by atoms with E-state index in [1.165, 1.54) is 6.21 Å². The quantitative estimate of drug-likeness (QED) is 0.233. The molecule has 35 heavy (non-hydrogen) atoms. The van der Waals surface area contributed by atoms with Gasteiger partial charge in [0.15, 0.2) is 0 Å². The zero-order valence-corrected chi connectivity index (χ0v) is 21.8. The smallest absolute Gasteiger partial charge is 0.0869 e. The van der Waals surface area contributed by atoms with Crippen LogP contribution in [0, 0.1) is 12.3 Å². The molecule has 6 nitrogen and oxygen atoms in total. The van der Waals surface area contributed by atoms with Gasteiger partial charge < -0.3 is 16.0 Å². The van der Waals surface area contributed by atoms with Crippen LogP contribution in [0.15, 0.2) is 67.0 Å². The van der Waals surface area contributed by atoms with Gasteiger partial charge in [0.1, 0.15) is 0 Å². The van der Waals surface area contributed by atoms with E-state index in [9.17, 15) is 0 Å². The molecule has 0 aliphatic heterocycles. The lowest BCUT2D eigenvalue weighted by Crippen LogP contribution is -2.21. The molecule has 2 heterocycles. The first kappa shape index (κ1) is 27.3. The minimum atomic E-state index is 0.462. The van der Waals surface area contributed by atoms with Crippen molar-refractivity contribution >= 4 is 34.1 Å². The van der Waals surface area contributed by atoms with E-state index < -0.39 is 0 Å². The van der Waals surface area contributed by atoms with Crippen molar-refractivity contribution in [2.45, 2.75) is 48.0 Å². The highest BCUT2D eigenvalue weighted by Gasteiger charge is 2.19. The maximum Gasteiger partial charge on any atom is 0.0869 e. The van der Waals surface area contributed by atoms with E-state index in [0.29, 0.717) is 17.0 Å². The molecule has 0 amide bonds. The number of allylic oxidation sites excluding steroid dienone is 4. The molecular formula is C29H38N6. The Balaban J connectivity index is 0.00000210. The van der Waals surface area contributed by atoms with E-state index >= 15 is 0 Å². The van der Waals surface area contributed by atoms with Crippen molar-refractivity contribution in [2.24, 2.45) is 5.73 Å². The summed E-state index contributed by atoms with van der Waals surface area (Å²) < 4.78 is 0. The molecule has 0 bridgehead atoms. The molecule has 184 valence electrons. The van der Waals surface area contributed by atoms with Crippen LogP contribution >= 0.6 is 0 Å². The van der Waals surface area contributed by atoms with Crippen molar-refractivity contribution < 1.29 is 0 Å². The molecular weight excluding hydrogens is 432 g/mol. The first-order valence-electron chi connectivity index (χ1n) is 12.1. The lowest BCUT2D eigenvalue weighted by atomic mass is 9.96. The Kier molecular flexibility index (Phi) is 10.2. The second-order valence-corrected chi connectivity index (χ2v) is 7.76. The van der Waals surface area contributed by atoms with Gasteiger partial charge in [-0.15, -0.1) is 0 Å². The molecule has 0 atom stereocenters. The first-order valence-corrected chi connectivity index (χ1v) is 12.1. The lowest BCUT2D eigenvalue weighted by Gasteiger charge is -2.29. The summed E-state index contributed by atoms with van der Waals surface area (Å²) in [6.07, 6.45) is 10.2. The van der Waals surface area contributed by atoms with Gasteiger partial charge >= 0.3 is 0 Å². The molecule has 0 saturated carbocycles. The largest absolute Gasteiger partial charge is 0.396 e. The van der Waals surface area contributed by atoms with E-state index in [4.69, 9.17) is 11.1 Å². The zero-order chi connectivity index (χ0) is 26.0. The summed E-state index contributed by atoms with van der Waals surface area (Å²) in [6, 6.07) is 9.76. The first-order chi connectivity index (χ1) is 16.9. The minimum Gasteiger partial charge on any atom is -0.396 e. The number of rotatable bonds is 9. The van der Waals surface area contributed by atoms with Gasteiger partial charge in [0.25, 0.3) is 0 Å². The summed E-state index contributed by atoms with van der Waals surface area (Å²) in [5.74, 6) is 0. The molecule has 6 heteroatoms. The summed E-state index contributed by atoms with van der Waals surface area (Å²) >= 11 is 0. The molecule has 0 spiro atoms. The number of hydrogen-bond donors (Lipinski definition) is 3. The van der Waals surface area contributed by atoms with Crippen molar-refractivity contribution in [2.75, 3.05) is 6.54 Å². The van der Waals surface area contributed by atoms with Crippen LogP contribution in [0.2, 0.25) is 0 Å². The third-order valence-electron chi connectivity index (χ3n) is 5.62. The fraction of sp³-hybridized carbons (Fsp3) is 0.276. The Bertz CT molecular complexity index is 1260. The Morgan fingerprint density at radius 2 is 1.97 bits per heavy atom. The van der Waals surface area contributed by atoms with Gasteiger partial charge in [0.2, 0.25) is 0 Å². The second-order valence-electron chi connectivity index (χ2n) is 7.76. The van der Waals surface area contributed by atoms with Crippen molar-refractivity contribution in [3.8, 4) is 0 Å². The third kappa shape index (κ3) is 6.15. The number of nitrogens with two attached hydrogens (primary N) is 1. The highest BCUT2D eigenvalue weighted by Crippen LogP contribution is 2.33. The van der Waals surface area contributed by atoms with Gasteiger partial charge in [-0.3, -0.25) is 10.1 Å². The molecule has 4 N–H and O–H groups in total. The van der Waals surface area contributed by atoms with Crippen molar-refractivity contribution in [1.82, 2.24) is 20.1 Å². The van der Waals surface area contributed by atoms with E-state index in [-0.39, 0.29) is 0 Å². The van der Waals surface area contributed by atoms with Crippen LogP contribution in [0.25, 0.3) is 27.9 Å². The lowest BCUT2D eigenvalue weighted by molar-refractivity contribution is 0.525. The van der Waals surface area contributed by atoms with Gasteiger partial charge in [-0.1, -0.05) is 51.6 Å². The fourth-order valence-electron chi connectivity index (χ4n) is 3.82. The molecule has 2 aromatic heterocycles. The van der Waals surface area contributed by atoms with Crippen LogP contribution in [-0.4, -0.2) is 32.8 Å². The van der Waals surface area contributed by atoms with Crippen molar-refractivity contribution in [1.29, 1.82) is 5.41 Å². The van der Waals surface area contributed by atoms with Crippen LogP contribution in [0.3, 0.4) is 0 Å². The summed E-state index contributed by atoms with van der Waals surface area (Å²) in [7, 11) is 0. The molecule has 0 aliphatic rings. The molecule has 3 aromatic rings. The van der Waals surface area contributed by atoms with E-state index in [2.05, 4.69) is 51.8 Å². The normalized spacial score (nSPS) is 12.2. The molecule has 0 unspecified atom stereocenters. The monoisotopic (exact) mass is 470 g/mol.